The molecule has 0 saturated carbocycles. The van der Waals surface area contributed by atoms with Gasteiger partial charge in [0.05, 0.1) is 11.4 Å². The molecule has 0 bridgehead atoms. The molecule has 0 radical (unpaired) electrons. The fourth-order valence-electron chi connectivity index (χ4n) is 3.28. The van der Waals surface area contributed by atoms with Gasteiger partial charge in [0.25, 0.3) is 0 Å². The van der Waals surface area contributed by atoms with Crippen molar-refractivity contribution < 1.29 is 0 Å². The molecule has 116 valence electrons. The Hall–Kier alpha value is -1.28. The summed E-state index contributed by atoms with van der Waals surface area (Å²) in [5.74, 6) is 1.31. The van der Waals surface area contributed by atoms with E-state index in [1.807, 2.05) is 11.8 Å². The van der Waals surface area contributed by atoms with Crippen molar-refractivity contribution in [2.24, 2.45) is 16.8 Å². The van der Waals surface area contributed by atoms with Gasteiger partial charge in [0.15, 0.2) is 0 Å². The third-order valence-corrected chi connectivity index (χ3v) is 5.78. The fourth-order valence-corrected chi connectivity index (χ4v) is 4.33. The molecule has 1 aliphatic heterocycles. The smallest absolute Gasteiger partial charge is 0.0773 e. The maximum Gasteiger partial charge on any atom is 0.0773 e. The van der Waals surface area contributed by atoms with Crippen LogP contribution in [0.3, 0.4) is 0 Å². The topological polar surface area (TPSA) is 12.4 Å². The number of aliphatic imine (C=N–C) groups is 1. The molecule has 0 fully saturated rings. The summed E-state index contributed by atoms with van der Waals surface area (Å²) in [7, 11) is 0. The van der Waals surface area contributed by atoms with E-state index < -0.39 is 0 Å². The Balaban J connectivity index is 1.80. The number of para-hydroxylation sites is 1. The summed E-state index contributed by atoms with van der Waals surface area (Å²) in [6.07, 6.45) is 13.3. The van der Waals surface area contributed by atoms with E-state index >= 15 is 0 Å². The lowest BCUT2D eigenvalue weighted by atomic mass is 9.84. The summed E-state index contributed by atoms with van der Waals surface area (Å²) in [6, 6.07) is 8.49. The van der Waals surface area contributed by atoms with Gasteiger partial charge in [-0.1, -0.05) is 75.6 Å². The van der Waals surface area contributed by atoms with E-state index in [0.29, 0.717) is 5.92 Å². The zero-order valence-electron chi connectivity index (χ0n) is 13.6. The van der Waals surface area contributed by atoms with E-state index in [2.05, 4.69) is 56.3 Å². The Kier molecular flexibility index (Phi) is 5.20. The molecular weight excluding hydrogens is 286 g/mol. The molecule has 2 unspecified atom stereocenters. The first-order valence-electron chi connectivity index (χ1n) is 8.56. The maximum absolute atomic E-state index is 4.99. The van der Waals surface area contributed by atoms with Crippen LogP contribution in [-0.4, -0.2) is 5.71 Å². The molecule has 0 spiro atoms. The Morgan fingerprint density at radius 3 is 2.91 bits per heavy atom. The standard InChI is InChI=1S/C20H25NS/c1-3-5-9-15(4-2)14-16-10-8-13-19-20(16)21-17-11-6-7-12-18(17)22-19/h6-8,10-13,15-16H,3-5,9,14H2,1-2H3. The molecule has 1 aromatic rings. The average Bonchev–Trinajstić information content (AvgIpc) is 2.57. The second kappa shape index (κ2) is 7.32. The van der Waals surface area contributed by atoms with Crippen LogP contribution in [0.15, 0.2) is 57.3 Å². The Labute approximate surface area is 138 Å². The summed E-state index contributed by atoms with van der Waals surface area (Å²) in [4.78, 5) is 7.62. The molecule has 2 aliphatic rings. The van der Waals surface area contributed by atoms with E-state index in [9.17, 15) is 0 Å². The van der Waals surface area contributed by atoms with E-state index in [1.165, 1.54) is 47.6 Å². The van der Waals surface area contributed by atoms with Gasteiger partial charge in [-0.15, -0.1) is 0 Å². The van der Waals surface area contributed by atoms with Crippen molar-refractivity contribution in [3.05, 3.63) is 47.4 Å². The number of fused-ring (bicyclic) bond motifs is 2. The van der Waals surface area contributed by atoms with E-state index in [0.717, 1.165) is 11.6 Å². The molecule has 3 rings (SSSR count). The van der Waals surface area contributed by atoms with Gasteiger partial charge in [-0.2, -0.15) is 0 Å². The molecule has 0 aromatic heterocycles. The van der Waals surface area contributed by atoms with Gasteiger partial charge in [-0.3, -0.25) is 4.99 Å². The number of hydrogen-bond donors (Lipinski definition) is 0. The third kappa shape index (κ3) is 3.38. The zero-order valence-corrected chi connectivity index (χ0v) is 14.4. The summed E-state index contributed by atoms with van der Waals surface area (Å²) in [5.41, 5.74) is 2.43. The highest BCUT2D eigenvalue weighted by atomic mass is 32.2. The molecular formula is C20H25NS. The number of nitrogens with zero attached hydrogens (tertiary/aromatic N) is 1. The zero-order chi connectivity index (χ0) is 15.4. The van der Waals surface area contributed by atoms with Crippen LogP contribution in [0.4, 0.5) is 5.69 Å². The van der Waals surface area contributed by atoms with Gasteiger partial charge in [-0.25, -0.2) is 0 Å². The van der Waals surface area contributed by atoms with Gasteiger partial charge >= 0.3 is 0 Å². The average molecular weight is 311 g/mol. The van der Waals surface area contributed by atoms with Crippen molar-refractivity contribution in [1.29, 1.82) is 0 Å². The molecule has 0 saturated heterocycles. The largest absolute Gasteiger partial charge is 0.250 e. The SMILES string of the molecule is CCCCC(CC)CC1C=CC=C2Sc3ccccc3N=C21. The van der Waals surface area contributed by atoms with Crippen molar-refractivity contribution in [3.8, 4) is 0 Å². The Bertz CT molecular complexity index is 612. The van der Waals surface area contributed by atoms with Gasteiger partial charge < -0.3 is 0 Å². The molecule has 0 N–H and O–H groups in total. The predicted octanol–water partition coefficient (Wildman–Crippen LogP) is 6.54. The van der Waals surface area contributed by atoms with Crippen LogP contribution in [0, 0.1) is 11.8 Å². The first-order chi connectivity index (χ1) is 10.8. The van der Waals surface area contributed by atoms with Crippen molar-refractivity contribution >= 4 is 23.2 Å². The molecule has 2 atom stereocenters. The van der Waals surface area contributed by atoms with Crippen molar-refractivity contribution in [2.45, 2.75) is 50.8 Å². The highest BCUT2D eigenvalue weighted by Crippen LogP contribution is 2.44. The van der Waals surface area contributed by atoms with Crippen LogP contribution >= 0.6 is 11.8 Å². The van der Waals surface area contributed by atoms with Gasteiger partial charge in [0.1, 0.15) is 0 Å². The van der Waals surface area contributed by atoms with Crippen LogP contribution in [-0.2, 0) is 0 Å². The van der Waals surface area contributed by atoms with Crippen LogP contribution in [0.1, 0.15) is 46.0 Å². The summed E-state index contributed by atoms with van der Waals surface area (Å²) >= 11 is 1.88. The summed E-state index contributed by atoms with van der Waals surface area (Å²) < 4.78 is 0. The minimum atomic E-state index is 0.489. The van der Waals surface area contributed by atoms with Crippen molar-refractivity contribution in [1.82, 2.24) is 0 Å². The summed E-state index contributed by atoms with van der Waals surface area (Å²) in [6.45, 7) is 4.61. The minimum Gasteiger partial charge on any atom is -0.250 e. The van der Waals surface area contributed by atoms with E-state index in [1.54, 1.807) is 0 Å². The summed E-state index contributed by atoms with van der Waals surface area (Å²) in [5, 5.41) is 0. The molecule has 0 amide bonds. The van der Waals surface area contributed by atoms with Crippen LogP contribution in [0.2, 0.25) is 0 Å². The van der Waals surface area contributed by atoms with E-state index in [-0.39, 0.29) is 0 Å². The number of hydrogen-bond acceptors (Lipinski definition) is 2. The van der Waals surface area contributed by atoms with Gasteiger partial charge in [-0.05, 0) is 30.5 Å². The molecule has 1 aromatic carbocycles. The fraction of sp³-hybridized carbons (Fsp3) is 0.450. The minimum absolute atomic E-state index is 0.489. The quantitative estimate of drug-likeness (QED) is 0.581. The third-order valence-electron chi connectivity index (χ3n) is 4.65. The van der Waals surface area contributed by atoms with E-state index in [4.69, 9.17) is 4.99 Å². The van der Waals surface area contributed by atoms with Crippen molar-refractivity contribution in [2.75, 3.05) is 0 Å². The maximum atomic E-state index is 4.99. The lowest BCUT2D eigenvalue weighted by Gasteiger charge is -2.28. The number of rotatable bonds is 6. The van der Waals surface area contributed by atoms with Crippen LogP contribution in [0.25, 0.3) is 0 Å². The predicted molar refractivity (Wildman–Crippen MR) is 98.0 cm³/mol. The number of thioether (sulfide) groups is 1. The first-order valence-corrected chi connectivity index (χ1v) is 9.37. The molecule has 22 heavy (non-hydrogen) atoms. The van der Waals surface area contributed by atoms with Crippen LogP contribution in [0.5, 0.6) is 0 Å². The molecule has 1 heterocycles. The lowest BCUT2D eigenvalue weighted by Crippen LogP contribution is -2.21. The number of benzene rings is 1. The van der Waals surface area contributed by atoms with Crippen LogP contribution < -0.4 is 0 Å². The van der Waals surface area contributed by atoms with Crippen molar-refractivity contribution in [3.63, 3.8) is 0 Å². The van der Waals surface area contributed by atoms with Gasteiger partial charge in [0.2, 0.25) is 0 Å². The molecule has 1 aliphatic carbocycles. The first kappa shape index (κ1) is 15.6. The molecule has 2 heteroatoms. The highest BCUT2D eigenvalue weighted by Gasteiger charge is 2.26. The second-order valence-electron chi connectivity index (χ2n) is 6.24. The lowest BCUT2D eigenvalue weighted by molar-refractivity contribution is 0.404. The number of allylic oxidation sites excluding steroid dienone is 4. The Morgan fingerprint density at radius 2 is 2.09 bits per heavy atom. The molecule has 1 nitrogen and oxygen atoms in total. The Morgan fingerprint density at radius 1 is 1.23 bits per heavy atom. The number of unbranched alkanes of at least 4 members (excludes halogenated alkanes) is 1. The van der Waals surface area contributed by atoms with Gasteiger partial charge in [0, 0.05) is 15.7 Å². The highest BCUT2D eigenvalue weighted by molar-refractivity contribution is 8.04. The monoisotopic (exact) mass is 311 g/mol. The normalized spacial score (nSPS) is 20.7. The second-order valence-corrected chi connectivity index (χ2v) is 7.33.